The molecular weight excluding hydrogens is 350 g/mol. The summed E-state index contributed by atoms with van der Waals surface area (Å²) in [6, 6.07) is 1.91. The van der Waals surface area contributed by atoms with Crippen molar-refractivity contribution in [3.63, 3.8) is 0 Å². The van der Waals surface area contributed by atoms with Crippen molar-refractivity contribution in [3.05, 3.63) is 28.5 Å². The molecule has 1 aliphatic rings. The second kappa shape index (κ2) is 7.57. The van der Waals surface area contributed by atoms with Gasteiger partial charge in [0.2, 0.25) is 0 Å². The molecule has 0 unspecified atom stereocenters. The average Bonchev–Trinajstić information content (AvgIpc) is 3.25. The molecule has 0 radical (unpaired) electrons. The Kier molecular flexibility index (Phi) is 5.41. The van der Waals surface area contributed by atoms with Gasteiger partial charge < -0.3 is 4.90 Å². The first-order valence-corrected chi connectivity index (χ1v) is 9.72. The smallest absolute Gasteiger partial charge is 0.322 e. The molecule has 1 saturated heterocycles. The summed E-state index contributed by atoms with van der Waals surface area (Å²) in [6.45, 7) is 8.11. The summed E-state index contributed by atoms with van der Waals surface area (Å²) in [4.78, 5) is 33.8. The maximum Gasteiger partial charge on any atom is 0.326 e. The largest absolute Gasteiger partial charge is 0.326 e. The molecule has 7 nitrogen and oxygen atoms in total. The summed E-state index contributed by atoms with van der Waals surface area (Å²) in [5.41, 5.74) is 1.61. The van der Waals surface area contributed by atoms with Gasteiger partial charge in [-0.15, -0.1) is 0 Å². The molecule has 140 valence electrons. The molecular formula is C18H25N5O2S. The molecule has 0 aromatic carbocycles. The van der Waals surface area contributed by atoms with Gasteiger partial charge in [0.15, 0.2) is 10.9 Å². The number of Topliss-reactive ketones (excluding diaryl/α,β-unsaturated/α-hetero) is 1. The van der Waals surface area contributed by atoms with Crippen molar-refractivity contribution >= 4 is 28.3 Å². The lowest BCUT2D eigenvalue weighted by Gasteiger charge is -2.18. The van der Waals surface area contributed by atoms with Gasteiger partial charge in [0.25, 0.3) is 0 Å². The molecule has 3 rings (SSSR count). The SMILES string of the molecule is Cc1nc(N2CCN(CC(C)C)C2=O)sc1C(=O)CCc1ccn(C)n1. The molecule has 2 aromatic heterocycles. The summed E-state index contributed by atoms with van der Waals surface area (Å²) in [5.74, 6) is 0.489. The highest BCUT2D eigenvalue weighted by molar-refractivity contribution is 7.17. The third-order valence-corrected chi connectivity index (χ3v) is 5.55. The lowest BCUT2D eigenvalue weighted by Crippen LogP contribution is -2.34. The minimum Gasteiger partial charge on any atom is -0.322 e. The highest BCUT2D eigenvalue weighted by atomic mass is 32.1. The average molecular weight is 375 g/mol. The molecule has 1 fully saturated rings. The maximum atomic E-state index is 12.6. The molecule has 2 amide bonds. The molecule has 1 aliphatic heterocycles. The van der Waals surface area contributed by atoms with Gasteiger partial charge in [0.05, 0.1) is 16.3 Å². The Morgan fingerprint density at radius 2 is 2.12 bits per heavy atom. The summed E-state index contributed by atoms with van der Waals surface area (Å²) in [7, 11) is 1.86. The van der Waals surface area contributed by atoms with Crippen molar-refractivity contribution in [2.75, 3.05) is 24.5 Å². The van der Waals surface area contributed by atoms with Gasteiger partial charge in [-0.3, -0.25) is 14.4 Å². The van der Waals surface area contributed by atoms with Crippen LogP contribution in [0.3, 0.4) is 0 Å². The number of nitrogens with zero attached hydrogens (tertiary/aromatic N) is 5. The Labute approximate surface area is 157 Å². The first-order valence-electron chi connectivity index (χ1n) is 8.90. The highest BCUT2D eigenvalue weighted by Crippen LogP contribution is 2.30. The summed E-state index contributed by atoms with van der Waals surface area (Å²) in [6.07, 6.45) is 2.88. The van der Waals surface area contributed by atoms with Gasteiger partial charge in [0.1, 0.15) is 0 Å². The second-order valence-electron chi connectivity index (χ2n) is 7.09. The fourth-order valence-corrected chi connectivity index (χ4v) is 4.13. The van der Waals surface area contributed by atoms with Crippen molar-refractivity contribution in [2.24, 2.45) is 13.0 Å². The molecule has 26 heavy (non-hydrogen) atoms. The molecule has 0 N–H and O–H groups in total. The number of aromatic nitrogens is 3. The minimum atomic E-state index is -0.0139. The fraction of sp³-hybridized carbons (Fsp3) is 0.556. The Hall–Kier alpha value is -2.22. The zero-order valence-electron chi connectivity index (χ0n) is 15.7. The van der Waals surface area contributed by atoms with Crippen molar-refractivity contribution < 1.29 is 9.59 Å². The first-order chi connectivity index (χ1) is 12.3. The van der Waals surface area contributed by atoms with Crippen LogP contribution in [0.25, 0.3) is 0 Å². The van der Waals surface area contributed by atoms with Crippen LogP contribution in [-0.4, -0.2) is 51.1 Å². The lowest BCUT2D eigenvalue weighted by atomic mass is 10.1. The minimum absolute atomic E-state index is 0.0139. The third-order valence-electron chi connectivity index (χ3n) is 4.33. The zero-order valence-corrected chi connectivity index (χ0v) is 16.5. The Balaban J connectivity index is 1.67. The van der Waals surface area contributed by atoms with E-state index in [4.69, 9.17) is 0 Å². The number of ketones is 1. The van der Waals surface area contributed by atoms with E-state index in [1.807, 2.05) is 31.1 Å². The molecule has 8 heteroatoms. The number of carbonyl (C=O) groups is 2. The fourth-order valence-electron chi connectivity index (χ4n) is 3.08. The molecule has 0 spiro atoms. The van der Waals surface area contributed by atoms with E-state index in [1.165, 1.54) is 11.3 Å². The van der Waals surface area contributed by atoms with E-state index < -0.39 is 0 Å². The van der Waals surface area contributed by atoms with E-state index in [0.717, 1.165) is 12.2 Å². The normalized spacial score (nSPS) is 14.7. The van der Waals surface area contributed by atoms with Crippen LogP contribution in [0, 0.1) is 12.8 Å². The van der Waals surface area contributed by atoms with Crippen LogP contribution in [-0.2, 0) is 13.5 Å². The standard InChI is InChI=1S/C18H25N5O2S/c1-12(2)11-22-9-10-23(18(22)25)17-19-13(3)16(26-17)15(24)6-5-14-7-8-21(4)20-14/h7-8,12H,5-6,9-11H2,1-4H3. The van der Waals surface area contributed by atoms with Crippen molar-refractivity contribution in [1.29, 1.82) is 0 Å². The monoisotopic (exact) mass is 375 g/mol. The van der Waals surface area contributed by atoms with Gasteiger partial charge in [-0.1, -0.05) is 25.2 Å². The Bertz CT molecular complexity index is 810. The number of rotatable bonds is 7. The maximum absolute atomic E-state index is 12.6. The molecule has 0 aliphatic carbocycles. The number of aryl methyl sites for hydroxylation is 3. The van der Waals surface area contributed by atoms with Crippen LogP contribution in [0.2, 0.25) is 0 Å². The summed E-state index contributed by atoms with van der Waals surface area (Å²) < 4.78 is 1.73. The van der Waals surface area contributed by atoms with Crippen molar-refractivity contribution in [3.8, 4) is 0 Å². The third kappa shape index (κ3) is 3.95. The summed E-state index contributed by atoms with van der Waals surface area (Å²) >= 11 is 1.32. The van der Waals surface area contributed by atoms with Crippen LogP contribution in [0.4, 0.5) is 9.93 Å². The van der Waals surface area contributed by atoms with Crippen LogP contribution in [0.5, 0.6) is 0 Å². The molecule has 0 saturated carbocycles. The highest BCUT2D eigenvalue weighted by Gasteiger charge is 2.32. The molecule has 0 atom stereocenters. The lowest BCUT2D eigenvalue weighted by molar-refractivity contribution is 0.0985. The molecule has 3 heterocycles. The van der Waals surface area contributed by atoms with Gasteiger partial charge >= 0.3 is 6.03 Å². The number of urea groups is 1. The number of anilines is 1. The van der Waals surface area contributed by atoms with E-state index in [0.29, 0.717) is 47.6 Å². The van der Waals surface area contributed by atoms with Crippen LogP contribution in [0.15, 0.2) is 12.3 Å². The van der Waals surface area contributed by atoms with Gasteiger partial charge in [0, 0.05) is 39.3 Å². The number of carbonyl (C=O) groups excluding carboxylic acids is 2. The van der Waals surface area contributed by atoms with Gasteiger partial charge in [-0.05, 0) is 25.3 Å². The van der Waals surface area contributed by atoms with Crippen LogP contribution < -0.4 is 4.90 Å². The van der Waals surface area contributed by atoms with Crippen LogP contribution >= 0.6 is 11.3 Å². The zero-order chi connectivity index (χ0) is 18.8. The molecule has 0 bridgehead atoms. The number of thiazole rings is 1. The number of hydrogen-bond donors (Lipinski definition) is 0. The quantitative estimate of drug-likeness (QED) is 0.698. The second-order valence-corrected chi connectivity index (χ2v) is 8.07. The predicted molar refractivity (Wildman–Crippen MR) is 102 cm³/mol. The number of amides is 2. The van der Waals surface area contributed by atoms with E-state index >= 15 is 0 Å². The Morgan fingerprint density at radius 3 is 2.77 bits per heavy atom. The van der Waals surface area contributed by atoms with E-state index in [1.54, 1.807) is 9.58 Å². The first kappa shape index (κ1) is 18.6. The number of hydrogen-bond acceptors (Lipinski definition) is 5. The van der Waals surface area contributed by atoms with E-state index in [2.05, 4.69) is 23.9 Å². The Morgan fingerprint density at radius 1 is 1.35 bits per heavy atom. The van der Waals surface area contributed by atoms with E-state index in [-0.39, 0.29) is 11.8 Å². The van der Waals surface area contributed by atoms with Gasteiger partial charge in [-0.2, -0.15) is 5.10 Å². The van der Waals surface area contributed by atoms with Crippen molar-refractivity contribution in [2.45, 2.75) is 33.6 Å². The van der Waals surface area contributed by atoms with Gasteiger partial charge in [-0.25, -0.2) is 9.78 Å². The topological polar surface area (TPSA) is 71.3 Å². The predicted octanol–water partition coefficient (Wildman–Crippen LogP) is 2.90. The molecule has 2 aromatic rings. The van der Waals surface area contributed by atoms with Crippen molar-refractivity contribution in [1.82, 2.24) is 19.7 Å². The van der Waals surface area contributed by atoms with E-state index in [9.17, 15) is 9.59 Å². The van der Waals surface area contributed by atoms with Crippen LogP contribution in [0.1, 0.15) is 41.3 Å². The summed E-state index contributed by atoms with van der Waals surface area (Å²) in [5, 5.41) is 4.93.